The predicted molar refractivity (Wildman–Crippen MR) is 99.0 cm³/mol. The normalized spacial score (nSPS) is 11.8. The fraction of sp³-hybridized carbons (Fsp3) is 0.227. The summed E-state index contributed by atoms with van der Waals surface area (Å²) >= 11 is 0. The Morgan fingerprint density at radius 2 is 1.48 bits per heavy atom. The monoisotopic (exact) mass is 304 g/mol. The lowest BCUT2D eigenvalue weighted by atomic mass is 10.00. The van der Waals surface area contributed by atoms with Gasteiger partial charge in [-0.3, -0.25) is 4.79 Å². The van der Waals surface area contributed by atoms with Gasteiger partial charge in [-0.15, -0.1) is 0 Å². The molecule has 0 unspecified atom stereocenters. The van der Waals surface area contributed by atoms with E-state index in [-0.39, 0.29) is 5.78 Å². The van der Waals surface area contributed by atoms with E-state index in [1.807, 2.05) is 72.8 Å². The standard InChI is InChI=1S/C22H24O/c1-2-3-6-15-21(18-20-13-9-5-10-14-20)22(23)17-16-19-11-7-4-8-12-19/h4-5,7-14,16-18H,2-3,6,15H2,1H3/b17-16+,21-18?. The molecule has 0 aliphatic rings. The number of benzene rings is 2. The van der Waals surface area contributed by atoms with Gasteiger partial charge in [0, 0.05) is 5.57 Å². The molecule has 0 amide bonds. The molecule has 0 aromatic heterocycles. The first-order valence-electron chi connectivity index (χ1n) is 8.32. The fourth-order valence-electron chi connectivity index (χ4n) is 2.43. The number of rotatable bonds is 8. The number of unbranched alkanes of at least 4 members (excludes halogenated alkanes) is 2. The molecule has 1 nitrogen and oxygen atoms in total. The van der Waals surface area contributed by atoms with Crippen LogP contribution in [0.5, 0.6) is 0 Å². The van der Waals surface area contributed by atoms with Crippen LogP contribution in [0.3, 0.4) is 0 Å². The summed E-state index contributed by atoms with van der Waals surface area (Å²) in [7, 11) is 0. The third kappa shape index (κ3) is 6.07. The van der Waals surface area contributed by atoms with Gasteiger partial charge >= 0.3 is 0 Å². The SMILES string of the molecule is CCCCCC(=Cc1ccccc1)C(=O)/C=C/c1ccccc1. The third-order valence-corrected chi connectivity index (χ3v) is 3.73. The number of ketones is 1. The van der Waals surface area contributed by atoms with Crippen molar-refractivity contribution < 1.29 is 4.79 Å². The van der Waals surface area contributed by atoms with Gasteiger partial charge in [-0.25, -0.2) is 0 Å². The molecule has 1 heteroatoms. The maximum Gasteiger partial charge on any atom is 0.181 e. The highest BCUT2D eigenvalue weighted by Gasteiger charge is 2.06. The van der Waals surface area contributed by atoms with Crippen LogP contribution in [-0.2, 0) is 4.79 Å². The molecule has 0 saturated heterocycles. The Hall–Kier alpha value is -2.41. The number of hydrogen-bond acceptors (Lipinski definition) is 1. The van der Waals surface area contributed by atoms with Crippen molar-refractivity contribution in [3.05, 3.63) is 83.4 Å². The molecule has 0 N–H and O–H groups in total. The molecule has 2 aromatic rings. The van der Waals surface area contributed by atoms with Gasteiger partial charge in [-0.1, -0.05) is 86.5 Å². The Bertz CT molecular complexity index is 651. The van der Waals surface area contributed by atoms with Crippen molar-refractivity contribution in [2.24, 2.45) is 0 Å². The maximum atomic E-state index is 12.6. The van der Waals surface area contributed by atoms with Crippen LogP contribution in [0.15, 0.2) is 72.3 Å². The molecular formula is C22H24O. The van der Waals surface area contributed by atoms with Gasteiger partial charge in [-0.05, 0) is 36.1 Å². The molecule has 0 heterocycles. The molecule has 0 aliphatic heterocycles. The van der Waals surface area contributed by atoms with Crippen molar-refractivity contribution in [2.75, 3.05) is 0 Å². The van der Waals surface area contributed by atoms with Crippen molar-refractivity contribution in [3.63, 3.8) is 0 Å². The molecule has 0 aliphatic carbocycles. The van der Waals surface area contributed by atoms with Gasteiger partial charge in [-0.2, -0.15) is 0 Å². The average molecular weight is 304 g/mol. The zero-order valence-electron chi connectivity index (χ0n) is 13.7. The predicted octanol–water partition coefficient (Wildman–Crippen LogP) is 5.93. The van der Waals surface area contributed by atoms with Crippen molar-refractivity contribution >= 4 is 17.9 Å². The van der Waals surface area contributed by atoms with E-state index in [0.29, 0.717) is 0 Å². The van der Waals surface area contributed by atoms with E-state index < -0.39 is 0 Å². The summed E-state index contributed by atoms with van der Waals surface area (Å²) in [5, 5.41) is 0. The van der Waals surface area contributed by atoms with Crippen LogP contribution in [0, 0.1) is 0 Å². The molecule has 0 bridgehead atoms. The molecule has 0 saturated carbocycles. The average Bonchev–Trinajstić information content (AvgIpc) is 2.61. The van der Waals surface area contributed by atoms with Crippen LogP contribution >= 0.6 is 0 Å². The summed E-state index contributed by atoms with van der Waals surface area (Å²) in [6.07, 6.45) is 9.81. The summed E-state index contributed by atoms with van der Waals surface area (Å²) in [4.78, 5) is 12.6. The molecule has 2 rings (SSSR count). The van der Waals surface area contributed by atoms with Crippen LogP contribution in [0.25, 0.3) is 12.2 Å². The molecule has 0 spiro atoms. The highest BCUT2D eigenvalue weighted by atomic mass is 16.1. The molecular weight excluding hydrogens is 280 g/mol. The Morgan fingerprint density at radius 1 is 0.870 bits per heavy atom. The maximum absolute atomic E-state index is 12.6. The first kappa shape index (κ1) is 17.0. The smallest absolute Gasteiger partial charge is 0.181 e. The van der Waals surface area contributed by atoms with E-state index >= 15 is 0 Å². The van der Waals surface area contributed by atoms with Gasteiger partial charge < -0.3 is 0 Å². The van der Waals surface area contributed by atoms with Gasteiger partial charge in [0.1, 0.15) is 0 Å². The van der Waals surface area contributed by atoms with E-state index in [1.54, 1.807) is 6.08 Å². The van der Waals surface area contributed by atoms with Crippen LogP contribution < -0.4 is 0 Å². The molecule has 0 fully saturated rings. The number of allylic oxidation sites excluding steroid dienone is 2. The summed E-state index contributed by atoms with van der Waals surface area (Å²) < 4.78 is 0. The summed E-state index contributed by atoms with van der Waals surface area (Å²) in [6, 6.07) is 20.0. The second kappa shape index (κ2) is 9.58. The van der Waals surface area contributed by atoms with Gasteiger partial charge in [0.05, 0.1) is 0 Å². The molecule has 118 valence electrons. The first-order valence-corrected chi connectivity index (χ1v) is 8.32. The Labute approximate surface area is 139 Å². The fourth-order valence-corrected chi connectivity index (χ4v) is 2.43. The largest absolute Gasteiger partial charge is 0.290 e. The Morgan fingerprint density at radius 3 is 2.09 bits per heavy atom. The minimum absolute atomic E-state index is 0.105. The van der Waals surface area contributed by atoms with Crippen LogP contribution in [0.1, 0.15) is 43.7 Å². The Kier molecular flexibility index (Phi) is 7.06. The minimum Gasteiger partial charge on any atom is -0.290 e. The molecule has 23 heavy (non-hydrogen) atoms. The summed E-state index contributed by atoms with van der Waals surface area (Å²) in [5.74, 6) is 0.105. The zero-order chi connectivity index (χ0) is 16.3. The topological polar surface area (TPSA) is 17.1 Å². The number of hydrogen-bond donors (Lipinski definition) is 0. The van der Waals surface area contributed by atoms with Crippen molar-refractivity contribution in [3.8, 4) is 0 Å². The first-order chi connectivity index (χ1) is 11.3. The van der Waals surface area contributed by atoms with Crippen molar-refractivity contribution in [2.45, 2.75) is 32.6 Å². The highest BCUT2D eigenvalue weighted by Crippen LogP contribution is 2.16. The number of carbonyl (C=O) groups is 1. The van der Waals surface area contributed by atoms with Gasteiger partial charge in [0.2, 0.25) is 0 Å². The quantitative estimate of drug-likeness (QED) is 0.436. The van der Waals surface area contributed by atoms with Crippen LogP contribution in [0.4, 0.5) is 0 Å². The molecule has 0 radical (unpaired) electrons. The van der Waals surface area contributed by atoms with Crippen LogP contribution in [-0.4, -0.2) is 5.78 Å². The van der Waals surface area contributed by atoms with Gasteiger partial charge in [0.25, 0.3) is 0 Å². The zero-order valence-corrected chi connectivity index (χ0v) is 13.7. The lowest BCUT2D eigenvalue weighted by Crippen LogP contribution is -1.99. The lowest BCUT2D eigenvalue weighted by molar-refractivity contribution is -0.111. The minimum atomic E-state index is 0.105. The molecule has 2 aromatic carbocycles. The van der Waals surface area contributed by atoms with E-state index in [0.717, 1.165) is 42.4 Å². The van der Waals surface area contributed by atoms with E-state index in [2.05, 4.69) is 6.92 Å². The summed E-state index contributed by atoms with van der Waals surface area (Å²) in [5.41, 5.74) is 3.02. The second-order valence-electron chi connectivity index (χ2n) is 5.65. The van der Waals surface area contributed by atoms with Crippen molar-refractivity contribution in [1.29, 1.82) is 0 Å². The third-order valence-electron chi connectivity index (χ3n) is 3.73. The highest BCUT2D eigenvalue weighted by molar-refractivity contribution is 6.09. The Balaban J connectivity index is 2.14. The molecule has 0 atom stereocenters. The van der Waals surface area contributed by atoms with Crippen LogP contribution in [0.2, 0.25) is 0 Å². The van der Waals surface area contributed by atoms with E-state index in [1.165, 1.54) is 0 Å². The van der Waals surface area contributed by atoms with Gasteiger partial charge in [0.15, 0.2) is 5.78 Å². The van der Waals surface area contributed by atoms with Crippen molar-refractivity contribution in [1.82, 2.24) is 0 Å². The second-order valence-corrected chi connectivity index (χ2v) is 5.65. The lowest BCUT2D eigenvalue weighted by Gasteiger charge is -2.04. The summed E-state index contributed by atoms with van der Waals surface area (Å²) in [6.45, 7) is 2.18. The van der Waals surface area contributed by atoms with E-state index in [9.17, 15) is 4.79 Å². The van der Waals surface area contributed by atoms with E-state index in [4.69, 9.17) is 0 Å². The number of carbonyl (C=O) groups excluding carboxylic acids is 1.